The van der Waals surface area contributed by atoms with Crippen molar-refractivity contribution in [2.45, 2.75) is 22.7 Å². The van der Waals surface area contributed by atoms with Crippen molar-refractivity contribution in [3.8, 4) is 11.5 Å². The number of aliphatic hydroxyl groups is 1. The molecule has 1 aliphatic heterocycles. The number of methoxy groups -OCH3 is 1. The Balaban J connectivity index is 1.36. The molecule has 1 unspecified atom stereocenters. The van der Waals surface area contributed by atoms with Crippen molar-refractivity contribution < 1.29 is 24.2 Å². The van der Waals surface area contributed by atoms with Gasteiger partial charge in [-0.15, -0.1) is 10.2 Å². The number of hydrogen-bond donors (Lipinski definition) is 1. The number of anilines is 1. The van der Waals surface area contributed by atoms with E-state index in [0.29, 0.717) is 44.3 Å². The lowest BCUT2D eigenvalue weighted by atomic mass is 9.95. The molecule has 11 heteroatoms. The predicted molar refractivity (Wildman–Crippen MR) is 176 cm³/mol. The van der Waals surface area contributed by atoms with Crippen LogP contribution in [0.4, 0.5) is 5.13 Å². The van der Waals surface area contributed by atoms with Crippen molar-refractivity contribution in [2.75, 3.05) is 12.0 Å². The topological polar surface area (TPSA) is 102 Å². The molecule has 4 aromatic carbocycles. The molecular weight excluding hydrogens is 630 g/mol. The number of rotatable bonds is 10. The van der Waals surface area contributed by atoms with E-state index < -0.39 is 17.7 Å². The number of amides is 1. The number of aliphatic hydroxyl groups excluding tert-OH is 1. The summed E-state index contributed by atoms with van der Waals surface area (Å²) in [6.07, 6.45) is 0. The van der Waals surface area contributed by atoms with E-state index in [1.165, 1.54) is 35.1 Å². The summed E-state index contributed by atoms with van der Waals surface area (Å²) in [7, 11) is 1.54. The van der Waals surface area contributed by atoms with Crippen LogP contribution < -0.4 is 14.4 Å². The quantitative estimate of drug-likeness (QED) is 0.0537. The number of ether oxygens (including phenoxy) is 2. The standard InChI is InChI=1S/C34H26ClN3O5S2/c1-42-26-16-12-23(13-17-26)30(39)28-29(24-8-5-9-27(18-24)43-19-21-6-3-2-4-7-21)38(32(41)31(28)40)33-36-37-34(45-33)44-20-22-10-14-25(35)15-11-22/h2-18,29,39H,19-20H2,1H3. The van der Waals surface area contributed by atoms with Gasteiger partial charge in [-0.3, -0.25) is 14.5 Å². The zero-order chi connectivity index (χ0) is 31.3. The van der Waals surface area contributed by atoms with Crippen LogP contribution in [-0.4, -0.2) is 34.1 Å². The minimum absolute atomic E-state index is 0.0593. The highest BCUT2D eigenvalue weighted by Crippen LogP contribution is 2.44. The third-order valence-electron chi connectivity index (χ3n) is 7.11. The van der Waals surface area contributed by atoms with Crippen LogP contribution in [0.3, 0.4) is 0 Å². The first-order valence-electron chi connectivity index (χ1n) is 13.8. The smallest absolute Gasteiger partial charge is 0.301 e. The fourth-order valence-corrected chi connectivity index (χ4v) is 6.80. The summed E-state index contributed by atoms with van der Waals surface area (Å²) >= 11 is 8.67. The van der Waals surface area contributed by atoms with Gasteiger partial charge in [-0.2, -0.15) is 0 Å². The Bertz CT molecular complexity index is 1860. The van der Waals surface area contributed by atoms with Gasteiger partial charge in [0, 0.05) is 16.3 Å². The number of Topliss-reactive ketones (excluding diaryl/α,β-unsaturated/α-hetero) is 1. The van der Waals surface area contributed by atoms with Crippen LogP contribution in [0.1, 0.15) is 28.3 Å². The highest BCUT2D eigenvalue weighted by atomic mass is 35.5. The Morgan fingerprint density at radius 1 is 0.911 bits per heavy atom. The fourth-order valence-electron chi connectivity index (χ4n) is 4.85. The van der Waals surface area contributed by atoms with Crippen LogP contribution in [0.2, 0.25) is 5.02 Å². The van der Waals surface area contributed by atoms with Gasteiger partial charge in [0.25, 0.3) is 5.78 Å². The molecule has 1 fully saturated rings. The highest BCUT2D eigenvalue weighted by Gasteiger charge is 2.48. The lowest BCUT2D eigenvalue weighted by Crippen LogP contribution is -2.29. The van der Waals surface area contributed by atoms with E-state index in [4.69, 9.17) is 21.1 Å². The Kier molecular flexibility index (Phi) is 9.16. The molecule has 1 amide bonds. The summed E-state index contributed by atoms with van der Waals surface area (Å²) in [5, 5.41) is 21.0. The Labute approximate surface area is 272 Å². The molecule has 5 aromatic rings. The van der Waals surface area contributed by atoms with E-state index in [-0.39, 0.29) is 16.5 Å². The van der Waals surface area contributed by atoms with Crippen molar-refractivity contribution in [1.29, 1.82) is 0 Å². The first-order chi connectivity index (χ1) is 21.9. The molecule has 1 N–H and O–H groups in total. The molecule has 2 heterocycles. The molecule has 1 aliphatic rings. The lowest BCUT2D eigenvalue weighted by Gasteiger charge is -2.23. The number of nitrogens with zero attached hydrogens (tertiary/aromatic N) is 3. The zero-order valence-electron chi connectivity index (χ0n) is 23.9. The van der Waals surface area contributed by atoms with Crippen LogP contribution in [-0.2, 0) is 21.9 Å². The lowest BCUT2D eigenvalue weighted by molar-refractivity contribution is -0.132. The van der Waals surface area contributed by atoms with E-state index >= 15 is 0 Å². The minimum atomic E-state index is -0.977. The first-order valence-corrected chi connectivity index (χ1v) is 16.0. The molecule has 1 atom stereocenters. The number of benzene rings is 4. The molecule has 45 heavy (non-hydrogen) atoms. The van der Waals surface area contributed by atoms with Gasteiger partial charge in [0.15, 0.2) is 4.34 Å². The van der Waals surface area contributed by atoms with Crippen LogP contribution >= 0.6 is 34.7 Å². The van der Waals surface area contributed by atoms with E-state index in [1.807, 2.05) is 54.6 Å². The molecule has 8 nitrogen and oxygen atoms in total. The van der Waals surface area contributed by atoms with Crippen LogP contribution in [0.25, 0.3) is 5.76 Å². The molecule has 0 spiro atoms. The summed E-state index contributed by atoms with van der Waals surface area (Å²) in [5.41, 5.74) is 2.92. The van der Waals surface area contributed by atoms with Crippen molar-refractivity contribution in [3.63, 3.8) is 0 Å². The van der Waals surface area contributed by atoms with Crippen LogP contribution in [0.15, 0.2) is 113 Å². The number of thioether (sulfide) groups is 1. The van der Waals surface area contributed by atoms with Gasteiger partial charge in [0.05, 0.1) is 18.7 Å². The summed E-state index contributed by atoms with van der Waals surface area (Å²) in [6, 6.07) is 30.0. The third-order valence-corrected chi connectivity index (χ3v) is 9.49. The number of hydrogen-bond acceptors (Lipinski definition) is 9. The average Bonchev–Trinajstić information content (AvgIpc) is 3.65. The fraction of sp³-hybridized carbons (Fsp3) is 0.118. The SMILES string of the molecule is COc1ccc(C(O)=C2C(=O)C(=O)N(c3nnc(SCc4ccc(Cl)cc4)s3)C2c2cccc(OCc3ccccc3)c2)cc1. The van der Waals surface area contributed by atoms with Gasteiger partial charge >= 0.3 is 5.91 Å². The largest absolute Gasteiger partial charge is 0.507 e. The van der Waals surface area contributed by atoms with Crippen LogP contribution in [0.5, 0.6) is 11.5 Å². The maximum Gasteiger partial charge on any atom is 0.301 e. The maximum atomic E-state index is 13.7. The van der Waals surface area contributed by atoms with Crippen molar-refractivity contribution in [1.82, 2.24) is 10.2 Å². The normalized spacial score (nSPS) is 15.8. The first kappa shape index (κ1) is 30.4. The van der Waals surface area contributed by atoms with E-state index in [2.05, 4.69) is 10.2 Å². The van der Waals surface area contributed by atoms with Crippen molar-refractivity contribution >= 4 is 57.3 Å². The zero-order valence-corrected chi connectivity index (χ0v) is 26.3. The molecule has 0 saturated carbocycles. The third kappa shape index (κ3) is 6.73. The Hall–Kier alpha value is -4.64. The Morgan fingerprint density at radius 3 is 2.40 bits per heavy atom. The summed E-state index contributed by atoms with van der Waals surface area (Å²) in [5.74, 6) is -0.189. The number of halogens is 1. The molecule has 6 rings (SSSR count). The summed E-state index contributed by atoms with van der Waals surface area (Å²) < 4.78 is 11.9. The molecule has 0 radical (unpaired) electrons. The van der Waals surface area contributed by atoms with Gasteiger partial charge in [0.2, 0.25) is 5.13 Å². The molecule has 1 aromatic heterocycles. The molecule has 0 bridgehead atoms. The predicted octanol–water partition coefficient (Wildman–Crippen LogP) is 7.70. The van der Waals surface area contributed by atoms with Gasteiger partial charge < -0.3 is 14.6 Å². The second-order valence-electron chi connectivity index (χ2n) is 10.0. The molecule has 0 aliphatic carbocycles. The van der Waals surface area contributed by atoms with E-state index in [0.717, 1.165) is 11.1 Å². The number of carbonyl (C=O) groups excluding carboxylic acids is 2. The number of aromatic nitrogens is 2. The second kappa shape index (κ2) is 13.6. The van der Waals surface area contributed by atoms with E-state index in [1.54, 1.807) is 48.5 Å². The second-order valence-corrected chi connectivity index (χ2v) is 12.6. The van der Waals surface area contributed by atoms with E-state index in [9.17, 15) is 14.7 Å². The van der Waals surface area contributed by atoms with Gasteiger partial charge in [-0.1, -0.05) is 89.3 Å². The van der Waals surface area contributed by atoms with Gasteiger partial charge in [-0.25, -0.2) is 0 Å². The molecular formula is C34H26ClN3O5S2. The highest BCUT2D eigenvalue weighted by molar-refractivity contribution is 8.00. The summed E-state index contributed by atoms with van der Waals surface area (Å²) in [6.45, 7) is 0.334. The van der Waals surface area contributed by atoms with Crippen molar-refractivity contribution in [2.24, 2.45) is 0 Å². The number of ketones is 1. The van der Waals surface area contributed by atoms with Gasteiger partial charge in [-0.05, 0) is 65.2 Å². The summed E-state index contributed by atoms with van der Waals surface area (Å²) in [4.78, 5) is 28.6. The molecule has 226 valence electrons. The van der Waals surface area contributed by atoms with Crippen LogP contribution in [0, 0.1) is 0 Å². The Morgan fingerprint density at radius 2 is 1.67 bits per heavy atom. The monoisotopic (exact) mass is 655 g/mol. The minimum Gasteiger partial charge on any atom is -0.507 e. The van der Waals surface area contributed by atoms with Crippen molar-refractivity contribution in [3.05, 3.63) is 136 Å². The maximum absolute atomic E-state index is 13.7. The number of carbonyl (C=O) groups is 2. The molecule has 1 saturated heterocycles. The average molecular weight is 656 g/mol. The van der Waals surface area contributed by atoms with Gasteiger partial charge in [0.1, 0.15) is 23.9 Å².